The Morgan fingerprint density at radius 2 is 2.06 bits per heavy atom. The van der Waals surface area contributed by atoms with E-state index >= 15 is 0 Å². The number of rotatable bonds is 3. The largest absolute Gasteiger partial charge is 0.494 e. The van der Waals surface area contributed by atoms with Gasteiger partial charge in [0.1, 0.15) is 0 Å². The lowest BCUT2D eigenvalue weighted by Gasteiger charge is -2.13. The molecule has 1 aliphatic carbocycles. The molecule has 1 atom stereocenters. The molecule has 0 saturated heterocycles. The van der Waals surface area contributed by atoms with Crippen molar-refractivity contribution in [1.29, 1.82) is 0 Å². The smallest absolute Gasteiger partial charge is 0.320 e. The highest BCUT2D eigenvalue weighted by Crippen LogP contribution is 2.62. The minimum absolute atomic E-state index is 0.145. The Balaban J connectivity index is 2.51. The summed E-state index contributed by atoms with van der Waals surface area (Å²) in [5.41, 5.74) is -2.39. The highest BCUT2D eigenvalue weighted by Gasteiger charge is 2.77. The van der Waals surface area contributed by atoms with Gasteiger partial charge in [0.25, 0.3) is 5.92 Å². The Morgan fingerprint density at radius 1 is 1.47 bits per heavy atom. The average Bonchev–Trinajstić information content (AvgIpc) is 2.84. The first kappa shape index (κ1) is 11.8. The van der Waals surface area contributed by atoms with E-state index < -0.39 is 29.5 Å². The molecule has 0 aliphatic heterocycles. The first-order chi connectivity index (χ1) is 7.85. The summed E-state index contributed by atoms with van der Waals surface area (Å²) in [5.74, 6) is -5.88. The average molecular weight is 246 g/mol. The lowest BCUT2D eigenvalue weighted by molar-refractivity contribution is -0.142. The number of ether oxygens (including phenoxy) is 1. The van der Waals surface area contributed by atoms with Crippen LogP contribution in [0.1, 0.15) is 12.0 Å². The van der Waals surface area contributed by atoms with E-state index in [1.165, 1.54) is 7.11 Å². The Bertz CT molecular complexity index is 487. The quantitative estimate of drug-likeness (QED) is 0.889. The Kier molecular flexibility index (Phi) is 2.34. The van der Waals surface area contributed by atoms with Crippen molar-refractivity contribution >= 4 is 5.97 Å². The van der Waals surface area contributed by atoms with Gasteiger partial charge >= 0.3 is 5.97 Å². The van der Waals surface area contributed by atoms with Crippen molar-refractivity contribution in [2.75, 3.05) is 7.11 Å². The number of alkyl halides is 2. The highest BCUT2D eigenvalue weighted by atomic mass is 19.3. The molecule has 2 rings (SSSR count). The third-order valence-corrected chi connectivity index (χ3v) is 3.00. The van der Waals surface area contributed by atoms with Gasteiger partial charge in [-0.1, -0.05) is 6.07 Å². The zero-order chi connectivity index (χ0) is 12.8. The van der Waals surface area contributed by atoms with Crippen LogP contribution in [0.4, 0.5) is 13.2 Å². The normalized spacial score (nSPS) is 25.4. The van der Waals surface area contributed by atoms with Crippen LogP contribution in [0, 0.1) is 5.82 Å². The SMILES string of the molecule is COc1cc(C2(C(=O)O)CC2(F)F)ccc1F. The molecule has 1 saturated carbocycles. The second kappa shape index (κ2) is 3.38. The Labute approximate surface area is 94.8 Å². The number of hydrogen-bond acceptors (Lipinski definition) is 2. The van der Waals surface area contributed by atoms with E-state index in [-0.39, 0.29) is 11.3 Å². The number of carbonyl (C=O) groups is 1. The molecular formula is C11H9F3O3. The summed E-state index contributed by atoms with van der Waals surface area (Å²) in [6.45, 7) is 0. The molecule has 3 nitrogen and oxygen atoms in total. The predicted octanol–water partition coefficient (Wildman–Crippen LogP) is 2.20. The minimum atomic E-state index is -3.30. The number of carboxylic acids is 1. The van der Waals surface area contributed by atoms with Crippen molar-refractivity contribution in [2.24, 2.45) is 0 Å². The first-order valence-corrected chi connectivity index (χ1v) is 4.80. The van der Waals surface area contributed by atoms with E-state index in [1.54, 1.807) is 0 Å². The molecule has 0 spiro atoms. The lowest BCUT2D eigenvalue weighted by atomic mass is 9.95. The number of carboxylic acid groups (broad SMARTS) is 1. The number of aliphatic carboxylic acids is 1. The zero-order valence-electron chi connectivity index (χ0n) is 8.84. The van der Waals surface area contributed by atoms with Gasteiger partial charge < -0.3 is 9.84 Å². The molecule has 1 N–H and O–H groups in total. The minimum Gasteiger partial charge on any atom is -0.494 e. The molecule has 6 heteroatoms. The summed E-state index contributed by atoms with van der Waals surface area (Å²) in [4.78, 5) is 11.0. The molecule has 1 aliphatic rings. The number of hydrogen-bond donors (Lipinski definition) is 1. The van der Waals surface area contributed by atoms with Crippen LogP contribution in [-0.2, 0) is 10.2 Å². The van der Waals surface area contributed by atoms with Crippen molar-refractivity contribution < 1.29 is 27.8 Å². The first-order valence-electron chi connectivity index (χ1n) is 4.80. The van der Waals surface area contributed by atoms with Gasteiger partial charge in [-0.2, -0.15) is 0 Å². The molecule has 1 unspecified atom stereocenters. The molecule has 17 heavy (non-hydrogen) atoms. The van der Waals surface area contributed by atoms with Crippen LogP contribution in [0.25, 0.3) is 0 Å². The molecule has 1 aromatic carbocycles. The second-order valence-electron chi connectivity index (χ2n) is 3.94. The summed E-state index contributed by atoms with van der Waals surface area (Å²) < 4.78 is 44.2. The molecule has 1 aromatic rings. The second-order valence-corrected chi connectivity index (χ2v) is 3.94. The summed E-state index contributed by atoms with van der Waals surface area (Å²) in [7, 11) is 1.18. The third-order valence-electron chi connectivity index (χ3n) is 3.00. The number of halogens is 3. The standard InChI is InChI=1S/C11H9F3O3/c1-17-8-4-6(2-3-7(8)12)10(9(15)16)5-11(10,13)14/h2-4H,5H2,1H3,(H,15,16). The lowest BCUT2D eigenvalue weighted by Crippen LogP contribution is -2.27. The molecule has 92 valence electrons. The van der Waals surface area contributed by atoms with Gasteiger partial charge in [0.2, 0.25) is 0 Å². The van der Waals surface area contributed by atoms with Crippen molar-refractivity contribution in [2.45, 2.75) is 17.8 Å². The van der Waals surface area contributed by atoms with Crippen LogP contribution >= 0.6 is 0 Å². The van der Waals surface area contributed by atoms with Crippen molar-refractivity contribution in [3.63, 3.8) is 0 Å². The van der Waals surface area contributed by atoms with Gasteiger partial charge in [-0.3, -0.25) is 4.79 Å². The molecular weight excluding hydrogens is 237 g/mol. The van der Waals surface area contributed by atoms with E-state index in [4.69, 9.17) is 5.11 Å². The van der Waals surface area contributed by atoms with E-state index in [0.29, 0.717) is 0 Å². The number of methoxy groups -OCH3 is 1. The maximum absolute atomic E-state index is 13.2. The molecule has 0 bridgehead atoms. The fourth-order valence-electron chi connectivity index (χ4n) is 1.88. The molecule has 1 fully saturated rings. The van der Waals surface area contributed by atoms with E-state index in [1.807, 2.05) is 0 Å². The van der Waals surface area contributed by atoms with Gasteiger partial charge in [-0.25, -0.2) is 13.2 Å². The predicted molar refractivity (Wildman–Crippen MR) is 51.8 cm³/mol. The topological polar surface area (TPSA) is 46.5 Å². The fourth-order valence-corrected chi connectivity index (χ4v) is 1.88. The van der Waals surface area contributed by atoms with Crippen LogP contribution in [0.5, 0.6) is 5.75 Å². The third kappa shape index (κ3) is 1.47. The molecule has 0 aromatic heterocycles. The van der Waals surface area contributed by atoms with Crippen LogP contribution in [-0.4, -0.2) is 24.1 Å². The van der Waals surface area contributed by atoms with Gasteiger partial charge in [0, 0.05) is 6.42 Å². The van der Waals surface area contributed by atoms with Crippen molar-refractivity contribution in [3.8, 4) is 5.75 Å². The maximum Gasteiger partial charge on any atom is 0.320 e. The van der Waals surface area contributed by atoms with Gasteiger partial charge in [0.15, 0.2) is 17.0 Å². The Hall–Kier alpha value is -1.72. The number of benzene rings is 1. The van der Waals surface area contributed by atoms with Crippen molar-refractivity contribution in [3.05, 3.63) is 29.6 Å². The molecule has 0 radical (unpaired) electrons. The van der Waals surface area contributed by atoms with E-state index in [0.717, 1.165) is 18.2 Å². The van der Waals surface area contributed by atoms with Gasteiger partial charge in [-0.05, 0) is 17.7 Å². The van der Waals surface area contributed by atoms with Crippen LogP contribution in [0.2, 0.25) is 0 Å². The van der Waals surface area contributed by atoms with Crippen molar-refractivity contribution in [1.82, 2.24) is 0 Å². The maximum atomic E-state index is 13.2. The van der Waals surface area contributed by atoms with Crippen LogP contribution in [0.15, 0.2) is 18.2 Å². The Morgan fingerprint density at radius 3 is 2.47 bits per heavy atom. The van der Waals surface area contributed by atoms with E-state index in [2.05, 4.69) is 4.74 Å². The van der Waals surface area contributed by atoms with E-state index in [9.17, 15) is 18.0 Å². The van der Waals surface area contributed by atoms with Gasteiger partial charge in [0.05, 0.1) is 7.11 Å². The van der Waals surface area contributed by atoms with Crippen LogP contribution < -0.4 is 4.74 Å². The molecule has 0 amide bonds. The summed E-state index contributed by atoms with van der Waals surface area (Å²) in [6.07, 6.45) is -0.774. The summed E-state index contributed by atoms with van der Waals surface area (Å²) in [5, 5.41) is 8.91. The fraction of sp³-hybridized carbons (Fsp3) is 0.364. The highest BCUT2D eigenvalue weighted by molar-refractivity contribution is 5.87. The monoisotopic (exact) mass is 246 g/mol. The van der Waals surface area contributed by atoms with Gasteiger partial charge in [-0.15, -0.1) is 0 Å². The summed E-state index contributed by atoms with van der Waals surface area (Å²) >= 11 is 0. The summed E-state index contributed by atoms with van der Waals surface area (Å²) in [6, 6.07) is 2.98. The zero-order valence-corrected chi connectivity index (χ0v) is 8.84. The van der Waals surface area contributed by atoms with Crippen LogP contribution in [0.3, 0.4) is 0 Å². The molecule has 0 heterocycles.